The molecular formula is C28H47LiO. The van der Waals surface area contributed by atoms with Crippen LogP contribution in [0.15, 0.2) is 66.8 Å². The minimum atomic E-state index is 0. The van der Waals surface area contributed by atoms with Crippen molar-refractivity contribution >= 4 is 0 Å². The van der Waals surface area contributed by atoms with Crippen LogP contribution in [0.5, 0.6) is 0 Å². The monoisotopic (exact) mass is 406 g/mol. The van der Waals surface area contributed by atoms with Crippen LogP contribution in [0.2, 0.25) is 0 Å². The van der Waals surface area contributed by atoms with E-state index in [4.69, 9.17) is 0 Å². The third-order valence-corrected chi connectivity index (χ3v) is 4.96. The average Bonchev–Trinajstić information content (AvgIpc) is 2.75. The number of rotatable bonds is 11. The molecule has 0 aliphatic carbocycles. The molecule has 1 nitrogen and oxygen atoms in total. The topological polar surface area (TPSA) is 20.2 Å². The van der Waals surface area contributed by atoms with E-state index in [1.165, 1.54) is 30.4 Å². The number of benzene rings is 1. The van der Waals surface area contributed by atoms with E-state index in [1.54, 1.807) is 6.08 Å². The first-order chi connectivity index (χ1) is 13.9. The molecule has 1 N–H and O–H groups in total. The number of unbranched alkanes of at least 4 members (excludes halogenated alkanes) is 1. The summed E-state index contributed by atoms with van der Waals surface area (Å²) in [6.07, 6.45) is 13.0. The first-order valence-corrected chi connectivity index (χ1v) is 11.2. The third kappa shape index (κ3) is 21.7. The van der Waals surface area contributed by atoms with Crippen molar-refractivity contribution in [2.75, 3.05) is 6.61 Å². The Morgan fingerprint density at radius 3 is 2.07 bits per heavy atom. The summed E-state index contributed by atoms with van der Waals surface area (Å²) in [5.41, 5.74) is 3.87. The first-order valence-electron chi connectivity index (χ1n) is 11.2. The first kappa shape index (κ1) is 33.6. The van der Waals surface area contributed by atoms with Gasteiger partial charge in [-0.2, -0.15) is 13.3 Å². The molecule has 0 aliphatic heterocycles. The summed E-state index contributed by atoms with van der Waals surface area (Å²) in [6.45, 7) is 20.2. The molecule has 1 aromatic rings. The van der Waals surface area contributed by atoms with Crippen LogP contribution in [0.3, 0.4) is 0 Å². The van der Waals surface area contributed by atoms with Gasteiger partial charge in [0.15, 0.2) is 0 Å². The second-order valence-electron chi connectivity index (χ2n) is 7.83. The fourth-order valence-corrected chi connectivity index (χ4v) is 2.43. The molecule has 2 heteroatoms. The van der Waals surface area contributed by atoms with Crippen LogP contribution in [0.1, 0.15) is 91.5 Å². The summed E-state index contributed by atoms with van der Waals surface area (Å²) in [5.74, 6) is 1.26. The van der Waals surface area contributed by atoms with Gasteiger partial charge in [-0.25, -0.2) is 0 Å². The predicted octanol–water partition coefficient (Wildman–Crippen LogP) is 5.69. The van der Waals surface area contributed by atoms with Gasteiger partial charge in [0.1, 0.15) is 0 Å². The molecule has 0 radical (unpaired) electrons. The zero-order valence-electron chi connectivity index (χ0n) is 21.1. The summed E-state index contributed by atoms with van der Waals surface area (Å²) in [7, 11) is 0. The van der Waals surface area contributed by atoms with Crippen LogP contribution in [-0.4, -0.2) is 11.7 Å². The Kier molecular flexibility index (Phi) is 27.2. The van der Waals surface area contributed by atoms with E-state index in [9.17, 15) is 5.11 Å². The SMILES string of the molecule is C=CC(=C)C.CCC(C)C/C=C(\C)CCC(CCO)c1ccccc1.C[CH-]CC.[Li+]. The Morgan fingerprint density at radius 2 is 1.67 bits per heavy atom. The molecule has 1 aromatic carbocycles. The molecule has 0 aliphatic rings. The van der Waals surface area contributed by atoms with Gasteiger partial charge in [-0.05, 0) is 56.9 Å². The molecule has 30 heavy (non-hydrogen) atoms. The van der Waals surface area contributed by atoms with Crippen LogP contribution in [0.25, 0.3) is 0 Å². The van der Waals surface area contributed by atoms with Gasteiger partial charge in [0, 0.05) is 6.61 Å². The summed E-state index contributed by atoms with van der Waals surface area (Å²) in [6, 6.07) is 10.6. The van der Waals surface area contributed by atoms with Gasteiger partial charge in [0.2, 0.25) is 0 Å². The molecule has 0 bridgehead atoms. The smallest absolute Gasteiger partial charge is 0.396 e. The number of aliphatic hydroxyl groups is 1. The van der Waals surface area contributed by atoms with E-state index >= 15 is 0 Å². The molecule has 2 atom stereocenters. The van der Waals surface area contributed by atoms with Gasteiger partial charge in [-0.15, -0.1) is 0 Å². The Balaban J connectivity index is -0.000000614. The standard InChI is InChI=1S/C19H30O.C5H8.C4H9.Li/c1-4-16(2)10-11-17(3)12-13-19(14-15-20)18-8-6-5-7-9-18;1-4-5(2)3;1-3-4-2;/h5-9,11,16,19-20H,4,10,12-15H2,1-3H3;4H,1-2H2,3H3;3H,4H2,1-2H3;/q;;-1;+1/b17-11+;;;. The predicted molar refractivity (Wildman–Crippen MR) is 133 cm³/mol. The maximum atomic E-state index is 9.26. The number of hydrogen-bond acceptors (Lipinski definition) is 1. The molecule has 0 heterocycles. The molecule has 166 valence electrons. The maximum Gasteiger partial charge on any atom is 1.00 e. The van der Waals surface area contributed by atoms with Crippen LogP contribution >= 0.6 is 0 Å². The van der Waals surface area contributed by atoms with Gasteiger partial charge in [-0.1, -0.05) is 94.0 Å². The summed E-state index contributed by atoms with van der Waals surface area (Å²) < 4.78 is 0. The van der Waals surface area contributed by atoms with Gasteiger partial charge in [0.05, 0.1) is 0 Å². The van der Waals surface area contributed by atoms with Crippen molar-refractivity contribution in [2.24, 2.45) is 5.92 Å². The molecule has 0 saturated heterocycles. The fraction of sp³-hybridized carbons (Fsp3) is 0.536. The Bertz CT molecular complexity index is 531. The van der Waals surface area contributed by atoms with Crippen molar-refractivity contribution in [1.29, 1.82) is 0 Å². The van der Waals surface area contributed by atoms with Crippen molar-refractivity contribution in [3.05, 3.63) is 78.8 Å². The van der Waals surface area contributed by atoms with Gasteiger partial charge in [-0.3, -0.25) is 0 Å². The van der Waals surface area contributed by atoms with Crippen molar-refractivity contribution in [3.63, 3.8) is 0 Å². The van der Waals surface area contributed by atoms with Crippen molar-refractivity contribution < 1.29 is 24.0 Å². The van der Waals surface area contributed by atoms with Crippen LogP contribution < -0.4 is 18.9 Å². The van der Waals surface area contributed by atoms with E-state index in [2.05, 4.69) is 90.6 Å². The van der Waals surface area contributed by atoms with Crippen LogP contribution in [-0.2, 0) is 0 Å². The molecule has 0 fully saturated rings. The number of hydrogen-bond donors (Lipinski definition) is 1. The number of allylic oxidation sites excluding steroid dienone is 4. The largest absolute Gasteiger partial charge is 1.00 e. The van der Waals surface area contributed by atoms with E-state index in [0.29, 0.717) is 5.92 Å². The third-order valence-electron chi connectivity index (χ3n) is 4.96. The second-order valence-corrected chi connectivity index (χ2v) is 7.83. The average molecular weight is 407 g/mol. The molecule has 0 spiro atoms. The molecule has 1 rings (SSSR count). The van der Waals surface area contributed by atoms with Crippen molar-refractivity contribution in [2.45, 2.75) is 86.0 Å². The van der Waals surface area contributed by atoms with Gasteiger partial charge < -0.3 is 11.5 Å². The maximum absolute atomic E-state index is 9.26. The van der Waals surface area contributed by atoms with E-state index in [0.717, 1.165) is 30.8 Å². The molecule has 0 amide bonds. The van der Waals surface area contributed by atoms with Crippen LogP contribution in [0.4, 0.5) is 0 Å². The minimum absolute atomic E-state index is 0. The Labute approximate surface area is 200 Å². The van der Waals surface area contributed by atoms with Crippen molar-refractivity contribution in [3.8, 4) is 0 Å². The normalized spacial score (nSPS) is 12.2. The quantitative estimate of drug-likeness (QED) is 0.217. The Morgan fingerprint density at radius 1 is 1.13 bits per heavy atom. The minimum Gasteiger partial charge on any atom is -0.396 e. The van der Waals surface area contributed by atoms with Gasteiger partial charge in [0.25, 0.3) is 0 Å². The zero-order valence-corrected chi connectivity index (χ0v) is 21.1. The molecule has 2 unspecified atom stereocenters. The second kappa shape index (κ2) is 24.3. The fourth-order valence-electron chi connectivity index (χ4n) is 2.43. The molecule has 0 saturated carbocycles. The number of aliphatic hydroxyl groups excluding tert-OH is 1. The molecule has 0 aromatic heterocycles. The Hall–Kier alpha value is -1.00. The van der Waals surface area contributed by atoms with Crippen LogP contribution in [0, 0.1) is 12.3 Å². The van der Waals surface area contributed by atoms with E-state index < -0.39 is 0 Å². The summed E-state index contributed by atoms with van der Waals surface area (Å²) >= 11 is 0. The van der Waals surface area contributed by atoms with Gasteiger partial charge >= 0.3 is 18.9 Å². The zero-order chi connectivity index (χ0) is 22.5. The van der Waals surface area contributed by atoms with Crippen molar-refractivity contribution in [1.82, 2.24) is 0 Å². The van der Waals surface area contributed by atoms with E-state index in [1.807, 2.05) is 6.92 Å². The van der Waals surface area contributed by atoms with E-state index in [-0.39, 0.29) is 25.5 Å². The summed E-state index contributed by atoms with van der Waals surface area (Å²) in [4.78, 5) is 0. The summed E-state index contributed by atoms with van der Waals surface area (Å²) in [5, 5.41) is 9.26. The molecular weight excluding hydrogens is 359 g/mol.